The number of nitrogens with zero attached hydrogens (tertiary/aromatic N) is 4. The van der Waals surface area contributed by atoms with Crippen molar-refractivity contribution in [3.05, 3.63) is 35.2 Å². The maximum absolute atomic E-state index is 12.8. The topological polar surface area (TPSA) is 81.4 Å². The molecule has 0 N–H and O–H groups in total. The lowest BCUT2D eigenvalue weighted by Gasteiger charge is -2.32. The lowest BCUT2D eigenvalue weighted by atomic mass is 10.1. The highest BCUT2D eigenvalue weighted by molar-refractivity contribution is 5.79. The Morgan fingerprint density at radius 3 is 2.83 bits per heavy atom. The molecule has 1 aliphatic heterocycles. The number of hydrogen-bond donors (Lipinski definition) is 0. The van der Waals surface area contributed by atoms with Crippen LogP contribution in [0.5, 0.6) is 6.01 Å². The number of ether oxygens (including phenoxy) is 1. The fourth-order valence-corrected chi connectivity index (χ4v) is 2.79. The summed E-state index contributed by atoms with van der Waals surface area (Å²) in [6.45, 7) is 4.78. The Morgan fingerprint density at radius 2 is 2.17 bits per heavy atom. The van der Waals surface area contributed by atoms with E-state index < -0.39 is 5.82 Å². The van der Waals surface area contributed by atoms with E-state index in [-0.39, 0.29) is 24.4 Å². The SMILES string of the molecule is Cc1noc(C)c1CC(=O)N1CCCC(Oc2ncc(F)cn2)C1. The van der Waals surface area contributed by atoms with Crippen LogP contribution in [0.25, 0.3) is 0 Å². The second-order valence-corrected chi connectivity index (χ2v) is 5.89. The molecule has 0 bridgehead atoms. The van der Waals surface area contributed by atoms with Crippen molar-refractivity contribution in [2.75, 3.05) is 13.1 Å². The van der Waals surface area contributed by atoms with Gasteiger partial charge in [-0.3, -0.25) is 4.79 Å². The quantitative estimate of drug-likeness (QED) is 0.848. The van der Waals surface area contributed by atoms with Crippen molar-refractivity contribution >= 4 is 5.91 Å². The molecule has 1 saturated heterocycles. The molecule has 24 heavy (non-hydrogen) atoms. The first-order chi connectivity index (χ1) is 11.5. The molecule has 1 unspecified atom stereocenters. The fourth-order valence-electron chi connectivity index (χ4n) is 2.79. The lowest BCUT2D eigenvalue weighted by Crippen LogP contribution is -2.45. The number of hydrogen-bond acceptors (Lipinski definition) is 6. The number of aromatic nitrogens is 3. The monoisotopic (exact) mass is 334 g/mol. The molecule has 2 aromatic heterocycles. The van der Waals surface area contributed by atoms with Gasteiger partial charge in [-0.15, -0.1) is 0 Å². The zero-order valence-corrected chi connectivity index (χ0v) is 13.7. The Hall–Kier alpha value is -2.51. The summed E-state index contributed by atoms with van der Waals surface area (Å²) in [5, 5.41) is 3.87. The minimum atomic E-state index is -0.512. The van der Waals surface area contributed by atoms with E-state index >= 15 is 0 Å². The van der Waals surface area contributed by atoms with Crippen LogP contribution >= 0.6 is 0 Å². The van der Waals surface area contributed by atoms with Crippen molar-refractivity contribution < 1.29 is 18.4 Å². The molecule has 2 aromatic rings. The minimum Gasteiger partial charge on any atom is -0.458 e. The van der Waals surface area contributed by atoms with Crippen LogP contribution < -0.4 is 4.74 Å². The van der Waals surface area contributed by atoms with E-state index in [0.29, 0.717) is 18.8 Å². The average molecular weight is 334 g/mol. The van der Waals surface area contributed by atoms with Crippen LogP contribution in [0.1, 0.15) is 29.9 Å². The van der Waals surface area contributed by atoms with Crippen LogP contribution in [-0.2, 0) is 11.2 Å². The van der Waals surface area contributed by atoms with Crippen molar-refractivity contribution in [1.82, 2.24) is 20.0 Å². The third-order valence-corrected chi connectivity index (χ3v) is 4.11. The molecule has 128 valence electrons. The van der Waals surface area contributed by atoms with E-state index in [0.717, 1.165) is 36.5 Å². The Balaban J connectivity index is 1.60. The number of carbonyl (C=O) groups is 1. The summed E-state index contributed by atoms with van der Waals surface area (Å²) in [6.07, 6.45) is 3.82. The summed E-state index contributed by atoms with van der Waals surface area (Å²) >= 11 is 0. The van der Waals surface area contributed by atoms with Crippen LogP contribution in [0, 0.1) is 19.7 Å². The third-order valence-electron chi connectivity index (χ3n) is 4.11. The first-order valence-electron chi connectivity index (χ1n) is 7.86. The van der Waals surface area contributed by atoms with E-state index in [9.17, 15) is 9.18 Å². The van der Waals surface area contributed by atoms with Crippen LogP contribution in [0.15, 0.2) is 16.9 Å². The predicted molar refractivity (Wildman–Crippen MR) is 81.9 cm³/mol. The van der Waals surface area contributed by atoms with Crippen molar-refractivity contribution in [2.45, 2.75) is 39.2 Å². The van der Waals surface area contributed by atoms with Crippen LogP contribution in [0.4, 0.5) is 4.39 Å². The van der Waals surface area contributed by atoms with E-state index in [1.54, 1.807) is 11.8 Å². The molecule has 1 atom stereocenters. The van der Waals surface area contributed by atoms with Crippen LogP contribution in [0.2, 0.25) is 0 Å². The van der Waals surface area contributed by atoms with Crippen molar-refractivity contribution in [3.63, 3.8) is 0 Å². The van der Waals surface area contributed by atoms with Gasteiger partial charge in [0.05, 0.1) is 31.1 Å². The molecule has 0 aliphatic carbocycles. The van der Waals surface area contributed by atoms with Crippen LogP contribution in [0.3, 0.4) is 0 Å². The molecule has 0 aromatic carbocycles. The standard InChI is InChI=1S/C16H19FN4O3/c1-10-14(11(2)24-20-10)6-15(22)21-5-3-4-13(9-21)23-16-18-7-12(17)8-19-16/h7-8,13H,3-6,9H2,1-2H3. The normalized spacial score (nSPS) is 17.8. The number of aryl methyl sites for hydroxylation is 2. The average Bonchev–Trinajstić information content (AvgIpc) is 2.89. The summed E-state index contributed by atoms with van der Waals surface area (Å²) in [4.78, 5) is 21.9. The van der Waals surface area contributed by atoms with E-state index in [4.69, 9.17) is 9.26 Å². The molecule has 1 aliphatic rings. The van der Waals surface area contributed by atoms with Gasteiger partial charge in [0.15, 0.2) is 5.82 Å². The summed E-state index contributed by atoms with van der Waals surface area (Å²) in [5.41, 5.74) is 1.58. The summed E-state index contributed by atoms with van der Waals surface area (Å²) in [5.74, 6) is 0.172. The van der Waals surface area contributed by atoms with Gasteiger partial charge in [0, 0.05) is 12.1 Å². The molecule has 1 fully saturated rings. The minimum absolute atomic E-state index is 0.0118. The number of likely N-dealkylation sites (tertiary alicyclic amines) is 1. The van der Waals surface area contributed by atoms with Gasteiger partial charge in [0.1, 0.15) is 11.9 Å². The van der Waals surface area contributed by atoms with E-state index in [1.165, 1.54) is 0 Å². The van der Waals surface area contributed by atoms with Gasteiger partial charge in [-0.05, 0) is 26.7 Å². The lowest BCUT2D eigenvalue weighted by molar-refractivity contribution is -0.133. The first kappa shape index (κ1) is 16.4. The maximum Gasteiger partial charge on any atom is 0.316 e. The molecule has 8 heteroatoms. The van der Waals surface area contributed by atoms with E-state index in [2.05, 4.69) is 15.1 Å². The van der Waals surface area contributed by atoms with Crippen molar-refractivity contribution in [1.29, 1.82) is 0 Å². The van der Waals surface area contributed by atoms with Crippen molar-refractivity contribution in [2.24, 2.45) is 0 Å². The molecule has 0 spiro atoms. The van der Waals surface area contributed by atoms with Crippen LogP contribution in [-0.4, -0.2) is 45.1 Å². The number of rotatable bonds is 4. The molecule has 7 nitrogen and oxygen atoms in total. The Morgan fingerprint density at radius 1 is 1.42 bits per heavy atom. The number of piperidine rings is 1. The molecular formula is C16H19FN4O3. The number of carbonyl (C=O) groups excluding carboxylic acids is 1. The summed E-state index contributed by atoms with van der Waals surface area (Å²) in [6, 6.07) is 0.126. The molecule has 3 rings (SSSR count). The van der Waals surface area contributed by atoms with Gasteiger partial charge in [-0.2, -0.15) is 0 Å². The van der Waals surface area contributed by atoms with Gasteiger partial charge in [0.25, 0.3) is 0 Å². The van der Waals surface area contributed by atoms with E-state index in [1.807, 2.05) is 6.92 Å². The second-order valence-electron chi connectivity index (χ2n) is 5.89. The number of amides is 1. The highest BCUT2D eigenvalue weighted by Gasteiger charge is 2.26. The number of halogens is 1. The van der Waals surface area contributed by atoms with Gasteiger partial charge in [-0.25, -0.2) is 14.4 Å². The Bertz CT molecular complexity index is 697. The predicted octanol–water partition coefficient (Wildman–Crippen LogP) is 1.83. The first-order valence-corrected chi connectivity index (χ1v) is 7.86. The highest BCUT2D eigenvalue weighted by atomic mass is 19.1. The summed E-state index contributed by atoms with van der Waals surface area (Å²) in [7, 11) is 0. The third kappa shape index (κ3) is 3.69. The zero-order valence-electron chi connectivity index (χ0n) is 13.7. The highest BCUT2D eigenvalue weighted by Crippen LogP contribution is 2.18. The fraction of sp³-hybridized carbons (Fsp3) is 0.500. The van der Waals surface area contributed by atoms with Gasteiger partial charge < -0.3 is 14.2 Å². The van der Waals surface area contributed by atoms with Crippen molar-refractivity contribution in [3.8, 4) is 6.01 Å². The molecule has 1 amide bonds. The Kier molecular flexibility index (Phi) is 4.73. The van der Waals surface area contributed by atoms with Gasteiger partial charge in [-0.1, -0.05) is 5.16 Å². The maximum atomic E-state index is 12.8. The van der Waals surface area contributed by atoms with Gasteiger partial charge in [0.2, 0.25) is 5.91 Å². The molecule has 0 saturated carbocycles. The molecular weight excluding hydrogens is 315 g/mol. The smallest absolute Gasteiger partial charge is 0.316 e. The Labute approximate surface area is 138 Å². The second kappa shape index (κ2) is 6.94. The molecule has 0 radical (unpaired) electrons. The zero-order chi connectivity index (χ0) is 17.1. The summed E-state index contributed by atoms with van der Waals surface area (Å²) < 4.78 is 23.6. The largest absolute Gasteiger partial charge is 0.458 e. The van der Waals surface area contributed by atoms with Gasteiger partial charge >= 0.3 is 6.01 Å². The molecule has 3 heterocycles.